The molecule has 0 aromatic carbocycles. The van der Waals surface area contributed by atoms with Crippen molar-refractivity contribution in [1.29, 1.82) is 0 Å². The monoisotopic (exact) mass is 446 g/mol. The number of carbonyl (C=O) groups excluding carboxylic acids is 1. The van der Waals surface area contributed by atoms with Crippen LogP contribution in [-0.2, 0) is 4.79 Å². The summed E-state index contributed by atoms with van der Waals surface area (Å²) in [6, 6.07) is 0. The Balaban J connectivity index is -0.000000282. The summed E-state index contributed by atoms with van der Waals surface area (Å²) in [5.74, 6) is -2.82. The number of carbonyl (C=O) groups is 1. The molecule has 0 aromatic rings. The minimum Gasteiger partial charge on any atom is -0.869 e. The molecule has 2 nitrogen and oxygen atoms in total. The Labute approximate surface area is 121 Å². The molecule has 0 rings (SSSR count). The third-order valence-corrected chi connectivity index (χ3v) is 1.60. The van der Waals surface area contributed by atoms with Gasteiger partial charge in [0.2, 0.25) is 0 Å². The van der Waals surface area contributed by atoms with Crippen LogP contribution >= 0.6 is 0 Å². The average Bonchev–Trinajstić information content (AvgIpc) is 2.03. The van der Waals surface area contributed by atoms with E-state index in [4.69, 9.17) is 0 Å². The molecule has 0 heterocycles. The zero-order valence-corrected chi connectivity index (χ0v) is 12.9. The fourth-order valence-electron chi connectivity index (χ4n) is 0.849. The van der Waals surface area contributed by atoms with Crippen LogP contribution in [0.4, 0.5) is 13.2 Å². The zero-order valence-electron chi connectivity index (χ0n) is 8.43. The fourth-order valence-corrected chi connectivity index (χ4v) is 0.849. The van der Waals surface area contributed by atoms with Crippen LogP contribution in [0.1, 0.15) is 47.5 Å². The molecule has 6 heteroatoms. The minimum atomic E-state index is -4.93. The van der Waals surface area contributed by atoms with Gasteiger partial charge in [0.1, 0.15) is 0 Å². The van der Waals surface area contributed by atoms with Crippen LogP contribution < -0.4 is 5.11 Å². The largest absolute Gasteiger partial charge is 1.00 e. The van der Waals surface area contributed by atoms with E-state index in [0.717, 1.165) is 12.8 Å². The molecule has 0 aliphatic carbocycles. The van der Waals surface area contributed by atoms with E-state index >= 15 is 0 Å². The first-order chi connectivity index (χ1) is 6.38. The first kappa shape index (κ1) is 25.7. The van der Waals surface area contributed by atoms with Gasteiger partial charge in [-0.1, -0.05) is 34.6 Å². The fraction of sp³-hybridized carbons (Fsp3) is 0.727. The summed E-state index contributed by atoms with van der Waals surface area (Å²) in [5, 5.41) is 10.3. The van der Waals surface area contributed by atoms with Gasteiger partial charge >= 0.3 is 33.5 Å². The second-order valence-electron chi connectivity index (χ2n) is 2.93. The number of hydrogen-bond donors (Lipinski definition) is 0. The topological polar surface area (TPSA) is 40.1 Å². The molecule has 0 atom stereocenters. The predicted molar refractivity (Wildman–Crippen MR) is 62.5 cm³/mol. The Morgan fingerprint density at radius 2 is 1.71 bits per heavy atom. The van der Waals surface area contributed by atoms with Crippen LogP contribution in [0, 0.1) is 0 Å². The molecule has 0 saturated carbocycles. The SMILES string of the molecule is C.C.CCCCCC(=O)/C=C(\[O-])C(F)(F)F.[Tl+]. The molecule has 0 aliphatic heterocycles. The number of rotatable bonds is 5. The smallest absolute Gasteiger partial charge is 0.869 e. The van der Waals surface area contributed by atoms with Crippen molar-refractivity contribution in [2.24, 2.45) is 0 Å². The molecule has 17 heavy (non-hydrogen) atoms. The second-order valence-corrected chi connectivity index (χ2v) is 2.93. The van der Waals surface area contributed by atoms with E-state index in [1.54, 1.807) is 0 Å². The second kappa shape index (κ2) is 12.4. The summed E-state index contributed by atoms with van der Waals surface area (Å²) in [5.41, 5.74) is 0. The molecule has 0 amide bonds. The molecular weight excluding hydrogens is 425 g/mol. The van der Waals surface area contributed by atoms with Gasteiger partial charge in [-0.25, -0.2) is 0 Å². The van der Waals surface area contributed by atoms with Gasteiger partial charge in [0, 0.05) is 6.42 Å². The van der Waals surface area contributed by atoms with E-state index in [0.29, 0.717) is 6.42 Å². The normalized spacial score (nSPS) is 10.7. The molecule has 0 spiro atoms. The van der Waals surface area contributed by atoms with E-state index < -0.39 is 17.7 Å². The number of hydrogen-bond acceptors (Lipinski definition) is 2. The van der Waals surface area contributed by atoms with Crippen molar-refractivity contribution in [3.8, 4) is 0 Å². The van der Waals surface area contributed by atoms with Gasteiger partial charge < -0.3 is 5.11 Å². The minimum absolute atomic E-state index is 0. The van der Waals surface area contributed by atoms with Crippen LogP contribution in [0.2, 0.25) is 0 Å². The van der Waals surface area contributed by atoms with Crippen molar-refractivity contribution in [2.75, 3.05) is 0 Å². The summed E-state index contributed by atoms with van der Waals surface area (Å²) in [4.78, 5) is 10.8. The molecule has 0 radical (unpaired) electrons. The van der Waals surface area contributed by atoms with Crippen molar-refractivity contribution < 1.29 is 23.1 Å². The van der Waals surface area contributed by atoms with Crippen LogP contribution in [0.25, 0.3) is 0 Å². The van der Waals surface area contributed by atoms with Gasteiger partial charge in [-0.3, -0.25) is 4.79 Å². The van der Waals surface area contributed by atoms with Crippen LogP contribution in [-0.4, -0.2) is 39.3 Å². The molecule has 100 valence electrons. The Hall–Kier alpha value is -0.0779. The molecule has 0 bridgehead atoms. The molecule has 0 aliphatic rings. The number of alkyl halides is 3. The van der Waals surface area contributed by atoms with Crippen molar-refractivity contribution >= 4 is 33.1 Å². The van der Waals surface area contributed by atoms with Crippen molar-refractivity contribution in [1.82, 2.24) is 0 Å². The molecule has 0 unspecified atom stereocenters. The van der Waals surface area contributed by atoms with Gasteiger partial charge in [0.05, 0.1) is 0 Å². The average molecular weight is 446 g/mol. The van der Waals surface area contributed by atoms with Gasteiger partial charge in [-0.15, -0.1) is 0 Å². The van der Waals surface area contributed by atoms with Gasteiger partial charge in [0.15, 0.2) is 5.78 Å². The molecule has 0 saturated heterocycles. The van der Waals surface area contributed by atoms with Crippen molar-refractivity contribution in [3.05, 3.63) is 11.8 Å². The number of allylic oxidation sites excluding steroid dienone is 2. The summed E-state index contributed by atoms with van der Waals surface area (Å²) < 4.78 is 35.0. The van der Waals surface area contributed by atoms with E-state index in [-0.39, 0.29) is 54.6 Å². The van der Waals surface area contributed by atoms with Gasteiger partial charge in [-0.2, -0.15) is 13.2 Å². The van der Waals surface area contributed by atoms with Crippen molar-refractivity contribution in [2.45, 2.75) is 53.6 Å². The number of ketones is 1. The number of unbranched alkanes of at least 4 members (excludes halogenated alkanes) is 2. The zero-order chi connectivity index (χ0) is 11.2. The maximum absolute atomic E-state index is 11.7. The first-order valence-corrected chi connectivity index (χ1v) is 4.36. The Morgan fingerprint density at radius 1 is 1.24 bits per heavy atom. The first-order valence-electron chi connectivity index (χ1n) is 4.36. The van der Waals surface area contributed by atoms with Crippen LogP contribution in [0.3, 0.4) is 0 Å². The van der Waals surface area contributed by atoms with E-state index in [2.05, 4.69) is 0 Å². The van der Waals surface area contributed by atoms with Crippen molar-refractivity contribution in [3.63, 3.8) is 0 Å². The van der Waals surface area contributed by atoms with E-state index in [9.17, 15) is 23.1 Å². The summed E-state index contributed by atoms with van der Waals surface area (Å²) in [6.45, 7) is 1.91. The summed E-state index contributed by atoms with van der Waals surface area (Å²) in [6.07, 6.45) is -2.61. The quantitative estimate of drug-likeness (QED) is 0.283. The molecule has 0 aromatic heterocycles. The summed E-state index contributed by atoms with van der Waals surface area (Å²) in [7, 11) is 0. The standard InChI is InChI=1S/C9H13F3O2.2CH4.Tl/c1-2-3-4-5-7(13)6-8(14)9(10,11)12;;;/h6,14H,2-5H2,1H3;2*1H4;/q;;;+1/p-1/b8-6-;;;. The van der Waals surface area contributed by atoms with Gasteiger partial charge in [0.25, 0.3) is 0 Å². The Kier molecular flexibility index (Phi) is 18.7. The van der Waals surface area contributed by atoms with E-state index in [1.807, 2.05) is 6.92 Å². The van der Waals surface area contributed by atoms with Crippen LogP contribution in [0.15, 0.2) is 11.8 Å². The molecule has 0 fully saturated rings. The molecular formula is C11H20F3O2Tl. The maximum atomic E-state index is 11.7. The Bertz CT molecular complexity index is 225. The van der Waals surface area contributed by atoms with E-state index in [1.165, 1.54) is 0 Å². The third-order valence-electron chi connectivity index (χ3n) is 1.60. The van der Waals surface area contributed by atoms with Crippen LogP contribution in [0.5, 0.6) is 0 Å². The third kappa shape index (κ3) is 13.9. The van der Waals surface area contributed by atoms with Gasteiger partial charge in [-0.05, 0) is 18.3 Å². The number of halogens is 3. The predicted octanol–water partition coefficient (Wildman–Crippen LogP) is 2.83. The molecule has 0 N–H and O–H groups in total. The summed E-state index contributed by atoms with van der Waals surface area (Å²) >= 11 is 0. The maximum Gasteiger partial charge on any atom is 1.00 e. The Morgan fingerprint density at radius 3 is 2.06 bits per heavy atom.